The summed E-state index contributed by atoms with van der Waals surface area (Å²) in [5.74, 6) is 1.88. The van der Waals surface area contributed by atoms with Crippen molar-refractivity contribution in [3.05, 3.63) is 0 Å². The van der Waals surface area contributed by atoms with Crippen LogP contribution in [-0.4, -0.2) is 12.1 Å². The van der Waals surface area contributed by atoms with E-state index in [1.54, 1.807) is 0 Å². The lowest BCUT2D eigenvalue weighted by Crippen LogP contribution is -2.70. The zero-order chi connectivity index (χ0) is 7.19. The third-order valence-corrected chi connectivity index (χ3v) is 3.43. The van der Waals surface area contributed by atoms with Gasteiger partial charge in [0.25, 0.3) is 0 Å². The highest BCUT2D eigenvalue weighted by atomic mass is 15.1. The maximum absolute atomic E-state index is 3.59. The van der Waals surface area contributed by atoms with Crippen LogP contribution < -0.4 is 5.32 Å². The Morgan fingerprint density at radius 3 is 2.20 bits per heavy atom. The van der Waals surface area contributed by atoms with Gasteiger partial charge in [0.1, 0.15) is 0 Å². The Morgan fingerprint density at radius 2 is 2.10 bits per heavy atom. The molecule has 1 heterocycles. The summed E-state index contributed by atoms with van der Waals surface area (Å²) < 4.78 is 0. The van der Waals surface area contributed by atoms with Crippen molar-refractivity contribution < 1.29 is 0 Å². The largest absolute Gasteiger partial charge is 0.311 e. The SMILES string of the molecule is CC(C)[C@@H]1CNC12CCC2. The van der Waals surface area contributed by atoms with Gasteiger partial charge in [0, 0.05) is 12.1 Å². The molecule has 1 saturated heterocycles. The molecule has 0 bridgehead atoms. The second kappa shape index (κ2) is 1.97. The minimum atomic E-state index is 0.633. The average Bonchev–Trinajstić information content (AvgIpc) is 1.53. The summed E-state index contributed by atoms with van der Waals surface area (Å²) >= 11 is 0. The number of nitrogens with one attached hydrogen (secondary N) is 1. The Labute approximate surface area is 63.2 Å². The van der Waals surface area contributed by atoms with Crippen LogP contribution in [0.15, 0.2) is 0 Å². The zero-order valence-electron chi connectivity index (χ0n) is 6.98. The molecule has 58 valence electrons. The molecule has 0 amide bonds. The van der Waals surface area contributed by atoms with Gasteiger partial charge in [-0.1, -0.05) is 13.8 Å². The smallest absolute Gasteiger partial charge is 0.0224 e. The maximum Gasteiger partial charge on any atom is 0.0224 e. The highest BCUT2D eigenvalue weighted by Gasteiger charge is 2.51. The fourth-order valence-corrected chi connectivity index (χ4v) is 2.49. The topological polar surface area (TPSA) is 12.0 Å². The Hall–Kier alpha value is -0.0400. The molecular weight excluding hydrogens is 122 g/mol. The van der Waals surface area contributed by atoms with E-state index in [-0.39, 0.29) is 0 Å². The van der Waals surface area contributed by atoms with Crippen LogP contribution in [0.1, 0.15) is 33.1 Å². The molecule has 1 aliphatic heterocycles. The third-order valence-electron chi connectivity index (χ3n) is 3.43. The van der Waals surface area contributed by atoms with Crippen molar-refractivity contribution in [2.45, 2.75) is 38.6 Å². The maximum atomic E-state index is 3.59. The number of hydrogen-bond donors (Lipinski definition) is 1. The molecule has 1 nitrogen and oxygen atoms in total. The van der Waals surface area contributed by atoms with Gasteiger partial charge in [-0.3, -0.25) is 0 Å². The summed E-state index contributed by atoms with van der Waals surface area (Å²) in [6.45, 7) is 5.98. The van der Waals surface area contributed by atoms with Gasteiger partial charge in [-0.25, -0.2) is 0 Å². The van der Waals surface area contributed by atoms with Gasteiger partial charge in [-0.15, -0.1) is 0 Å². The molecule has 1 saturated carbocycles. The van der Waals surface area contributed by atoms with Gasteiger partial charge in [0.2, 0.25) is 0 Å². The summed E-state index contributed by atoms with van der Waals surface area (Å²) in [4.78, 5) is 0. The molecule has 1 aliphatic carbocycles. The zero-order valence-corrected chi connectivity index (χ0v) is 6.98. The molecule has 2 fully saturated rings. The highest BCUT2D eigenvalue weighted by Crippen LogP contribution is 2.46. The van der Waals surface area contributed by atoms with Crippen molar-refractivity contribution in [1.29, 1.82) is 0 Å². The Kier molecular flexibility index (Phi) is 1.31. The van der Waals surface area contributed by atoms with E-state index >= 15 is 0 Å². The van der Waals surface area contributed by atoms with Gasteiger partial charge in [0.15, 0.2) is 0 Å². The predicted octanol–water partition coefficient (Wildman–Crippen LogP) is 1.78. The normalized spacial score (nSPS) is 35.7. The van der Waals surface area contributed by atoms with Gasteiger partial charge >= 0.3 is 0 Å². The Morgan fingerprint density at radius 1 is 1.40 bits per heavy atom. The predicted molar refractivity (Wildman–Crippen MR) is 42.9 cm³/mol. The molecule has 0 aromatic heterocycles. The molecule has 10 heavy (non-hydrogen) atoms. The van der Waals surface area contributed by atoms with Crippen molar-refractivity contribution in [3.63, 3.8) is 0 Å². The van der Waals surface area contributed by atoms with Crippen molar-refractivity contribution in [2.75, 3.05) is 6.54 Å². The molecule has 0 radical (unpaired) electrons. The first-order chi connectivity index (χ1) is 4.75. The van der Waals surface area contributed by atoms with Crippen LogP contribution in [0, 0.1) is 11.8 Å². The lowest BCUT2D eigenvalue weighted by molar-refractivity contribution is -0.00780. The fraction of sp³-hybridized carbons (Fsp3) is 1.00. The van der Waals surface area contributed by atoms with E-state index in [4.69, 9.17) is 0 Å². The molecule has 1 N–H and O–H groups in total. The number of hydrogen-bond acceptors (Lipinski definition) is 1. The summed E-state index contributed by atoms with van der Waals surface area (Å²) in [5, 5.41) is 3.59. The van der Waals surface area contributed by atoms with E-state index in [2.05, 4.69) is 19.2 Å². The average molecular weight is 139 g/mol. The lowest BCUT2D eigenvalue weighted by atomic mass is 9.59. The lowest BCUT2D eigenvalue weighted by Gasteiger charge is -2.58. The van der Waals surface area contributed by atoms with Crippen LogP contribution in [0.5, 0.6) is 0 Å². The molecule has 0 aromatic rings. The second-order valence-electron chi connectivity index (χ2n) is 4.24. The number of rotatable bonds is 1. The van der Waals surface area contributed by atoms with Crippen molar-refractivity contribution in [2.24, 2.45) is 11.8 Å². The van der Waals surface area contributed by atoms with E-state index in [1.807, 2.05) is 0 Å². The van der Waals surface area contributed by atoms with Crippen LogP contribution >= 0.6 is 0 Å². The van der Waals surface area contributed by atoms with E-state index in [9.17, 15) is 0 Å². The summed E-state index contributed by atoms with van der Waals surface area (Å²) in [5.41, 5.74) is 0.633. The van der Waals surface area contributed by atoms with E-state index in [0.29, 0.717) is 5.54 Å². The summed E-state index contributed by atoms with van der Waals surface area (Å²) in [6, 6.07) is 0. The van der Waals surface area contributed by atoms with Crippen LogP contribution in [-0.2, 0) is 0 Å². The van der Waals surface area contributed by atoms with Crippen molar-refractivity contribution in [1.82, 2.24) is 5.32 Å². The van der Waals surface area contributed by atoms with Crippen molar-refractivity contribution in [3.8, 4) is 0 Å². The first kappa shape index (κ1) is 6.66. The minimum Gasteiger partial charge on any atom is -0.311 e. The molecule has 1 spiro atoms. The first-order valence-corrected chi connectivity index (χ1v) is 4.50. The third kappa shape index (κ3) is 0.672. The highest BCUT2D eigenvalue weighted by molar-refractivity contribution is 5.09. The van der Waals surface area contributed by atoms with Crippen molar-refractivity contribution >= 4 is 0 Å². The second-order valence-corrected chi connectivity index (χ2v) is 4.24. The molecule has 2 rings (SSSR count). The van der Waals surface area contributed by atoms with E-state index in [1.165, 1.54) is 25.8 Å². The van der Waals surface area contributed by atoms with Gasteiger partial charge in [-0.2, -0.15) is 0 Å². The van der Waals surface area contributed by atoms with Crippen LogP contribution in [0.25, 0.3) is 0 Å². The van der Waals surface area contributed by atoms with Gasteiger partial charge < -0.3 is 5.32 Å². The minimum absolute atomic E-state index is 0.633. The molecule has 0 unspecified atom stereocenters. The Bertz CT molecular complexity index is 130. The molecule has 0 aromatic carbocycles. The molecular formula is C9H17N. The van der Waals surface area contributed by atoms with Crippen LogP contribution in [0.2, 0.25) is 0 Å². The van der Waals surface area contributed by atoms with Gasteiger partial charge in [-0.05, 0) is 31.1 Å². The quantitative estimate of drug-likeness (QED) is 0.584. The standard InChI is InChI=1S/C9H17N/c1-7(2)8-6-10-9(8)4-3-5-9/h7-8,10H,3-6H2,1-2H3/t8-/m0/s1. The summed E-state index contributed by atoms with van der Waals surface area (Å²) in [6.07, 6.45) is 4.34. The van der Waals surface area contributed by atoms with E-state index < -0.39 is 0 Å². The fourth-order valence-electron chi connectivity index (χ4n) is 2.49. The van der Waals surface area contributed by atoms with Crippen LogP contribution in [0.4, 0.5) is 0 Å². The molecule has 1 atom stereocenters. The van der Waals surface area contributed by atoms with Crippen LogP contribution in [0.3, 0.4) is 0 Å². The first-order valence-electron chi connectivity index (χ1n) is 4.50. The van der Waals surface area contributed by atoms with E-state index in [0.717, 1.165) is 11.8 Å². The molecule has 1 heteroatoms. The van der Waals surface area contributed by atoms with Gasteiger partial charge in [0.05, 0.1) is 0 Å². The Balaban J connectivity index is 1.99. The summed E-state index contributed by atoms with van der Waals surface area (Å²) in [7, 11) is 0. The molecule has 2 aliphatic rings. The monoisotopic (exact) mass is 139 g/mol.